The lowest BCUT2D eigenvalue weighted by Gasteiger charge is -2.14. The molecule has 0 fully saturated rings. The van der Waals surface area contributed by atoms with E-state index in [1.54, 1.807) is 0 Å². The number of rotatable bonds is 2. The monoisotopic (exact) mass is 276 g/mol. The summed E-state index contributed by atoms with van der Waals surface area (Å²) in [5.74, 6) is 0.224. The van der Waals surface area contributed by atoms with E-state index in [2.05, 4.69) is 46.9 Å². The molecule has 0 heterocycles. The predicted molar refractivity (Wildman–Crippen MR) is 59.3 cm³/mol. The minimum Gasteiger partial charge on any atom is -0.393 e. The Balaban J connectivity index is 2.82. The Morgan fingerprint density at radius 3 is 2.08 bits per heavy atom. The van der Waals surface area contributed by atoms with Gasteiger partial charge in [0.2, 0.25) is 0 Å². The van der Waals surface area contributed by atoms with Crippen molar-refractivity contribution in [2.24, 2.45) is 0 Å². The number of aliphatic hydroxyl groups is 1. The topological polar surface area (TPSA) is 20.2 Å². The van der Waals surface area contributed by atoms with Crippen LogP contribution in [0.15, 0.2) is 24.3 Å². The van der Waals surface area contributed by atoms with Crippen LogP contribution in [0.1, 0.15) is 25.3 Å². The normalized spacial score (nSPS) is 15.7. The zero-order valence-electron chi connectivity index (χ0n) is 7.29. The molecule has 0 saturated heterocycles. The summed E-state index contributed by atoms with van der Waals surface area (Å²) in [5, 5.41) is 9.34. The Hall–Kier alpha value is -0.0900. The molecule has 66 valence electrons. The van der Waals surface area contributed by atoms with Crippen LogP contribution in [-0.2, 0) is 0 Å². The van der Waals surface area contributed by atoms with Gasteiger partial charge >= 0.3 is 0 Å². The van der Waals surface area contributed by atoms with E-state index in [-0.39, 0.29) is 12.0 Å². The van der Waals surface area contributed by atoms with Crippen molar-refractivity contribution in [2.45, 2.75) is 25.9 Å². The summed E-state index contributed by atoms with van der Waals surface area (Å²) in [6.45, 7) is 3.86. The van der Waals surface area contributed by atoms with Gasteiger partial charge in [0.1, 0.15) is 0 Å². The second-order valence-corrected chi connectivity index (χ2v) is 4.33. The van der Waals surface area contributed by atoms with Gasteiger partial charge in [0.05, 0.1) is 6.10 Å². The minimum absolute atomic E-state index is 0.224. The summed E-state index contributed by atoms with van der Waals surface area (Å²) in [4.78, 5) is 0. The highest BCUT2D eigenvalue weighted by Crippen LogP contribution is 2.19. The maximum Gasteiger partial charge on any atom is 0.0577 e. The predicted octanol–water partition coefficient (Wildman–Crippen LogP) is 2.78. The molecule has 0 radical (unpaired) electrons. The molecule has 0 aliphatic heterocycles. The third-order valence-electron chi connectivity index (χ3n) is 2.12. The van der Waals surface area contributed by atoms with Gasteiger partial charge in [-0.2, -0.15) is 0 Å². The van der Waals surface area contributed by atoms with Crippen molar-refractivity contribution >= 4 is 22.6 Å². The smallest absolute Gasteiger partial charge is 0.0577 e. The lowest BCUT2D eigenvalue weighted by molar-refractivity contribution is 0.169. The summed E-state index contributed by atoms with van der Waals surface area (Å²) < 4.78 is 1.23. The molecule has 1 aromatic rings. The maximum atomic E-state index is 9.34. The van der Waals surface area contributed by atoms with Gasteiger partial charge in [-0.3, -0.25) is 0 Å². The van der Waals surface area contributed by atoms with Crippen LogP contribution in [0.4, 0.5) is 0 Å². The molecular weight excluding hydrogens is 263 g/mol. The SMILES string of the molecule is CC(O)[C@H](C)c1ccc(I)cc1. The van der Waals surface area contributed by atoms with Gasteiger partial charge in [-0.25, -0.2) is 0 Å². The quantitative estimate of drug-likeness (QED) is 0.823. The molecule has 0 saturated carbocycles. The fraction of sp³-hybridized carbons (Fsp3) is 0.400. The first-order chi connectivity index (χ1) is 5.61. The maximum absolute atomic E-state index is 9.34. The summed E-state index contributed by atoms with van der Waals surface area (Å²) in [6, 6.07) is 8.27. The minimum atomic E-state index is -0.273. The van der Waals surface area contributed by atoms with E-state index in [0.29, 0.717) is 0 Å². The van der Waals surface area contributed by atoms with Gasteiger partial charge in [0.25, 0.3) is 0 Å². The number of aliphatic hydroxyl groups excluding tert-OH is 1. The second kappa shape index (κ2) is 4.23. The number of halogens is 1. The van der Waals surface area contributed by atoms with Crippen LogP contribution in [0.3, 0.4) is 0 Å². The summed E-state index contributed by atoms with van der Waals surface area (Å²) in [5.41, 5.74) is 1.20. The van der Waals surface area contributed by atoms with Crippen LogP contribution in [0.5, 0.6) is 0 Å². The van der Waals surface area contributed by atoms with Gasteiger partial charge in [-0.1, -0.05) is 19.1 Å². The molecule has 1 nitrogen and oxygen atoms in total. The van der Waals surface area contributed by atoms with Gasteiger partial charge in [0, 0.05) is 9.49 Å². The molecular formula is C10H13IO. The summed E-state index contributed by atoms with van der Waals surface area (Å²) in [7, 11) is 0. The molecule has 2 heteroatoms. The lowest BCUT2D eigenvalue weighted by Crippen LogP contribution is -2.10. The standard InChI is InChI=1S/C10H13IO/c1-7(8(2)12)9-3-5-10(11)6-4-9/h3-8,12H,1-2H3/t7-,8?/m0/s1. The number of hydrogen-bond donors (Lipinski definition) is 1. The lowest BCUT2D eigenvalue weighted by atomic mass is 9.97. The molecule has 1 rings (SSSR count). The zero-order chi connectivity index (χ0) is 9.14. The van der Waals surface area contributed by atoms with Crippen LogP contribution >= 0.6 is 22.6 Å². The van der Waals surface area contributed by atoms with E-state index >= 15 is 0 Å². The largest absolute Gasteiger partial charge is 0.393 e. The first-order valence-corrected chi connectivity index (χ1v) is 5.12. The van der Waals surface area contributed by atoms with E-state index in [0.717, 1.165) is 0 Å². The third kappa shape index (κ3) is 2.45. The van der Waals surface area contributed by atoms with Crippen LogP contribution in [-0.4, -0.2) is 11.2 Å². The Morgan fingerprint density at radius 1 is 1.17 bits per heavy atom. The Bertz CT molecular complexity index is 241. The highest BCUT2D eigenvalue weighted by atomic mass is 127. The van der Waals surface area contributed by atoms with E-state index in [1.165, 1.54) is 9.13 Å². The van der Waals surface area contributed by atoms with Crippen molar-refractivity contribution in [3.05, 3.63) is 33.4 Å². The average Bonchev–Trinajstić information content (AvgIpc) is 2.04. The van der Waals surface area contributed by atoms with Crippen LogP contribution in [0.2, 0.25) is 0 Å². The van der Waals surface area contributed by atoms with Crippen LogP contribution in [0.25, 0.3) is 0 Å². The molecule has 1 N–H and O–H groups in total. The van der Waals surface area contributed by atoms with Gasteiger partial charge in [-0.05, 0) is 47.2 Å². The molecule has 1 aromatic carbocycles. The molecule has 0 amide bonds. The van der Waals surface area contributed by atoms with Crippen molar-refractivity contribution < 1.29 is 5.11 Å². The van der Waals surface area contributed by atoms with Crippen molar-refractivity contribution in [3.63, 3.8) is 0 Å². The number of benzene rings is 1. The Kier molecular flexibility index (Phi) is 3.53. The van der Waals surface area contributed by atoms with Crippen LogP contribution < -0.4 is 0 Å². The van der Waals surface area contributed by atoms with Crippen LogP contribution in [0, 0.1) is 3.57 Å². The molecule has 0 bridgehead atoms. The van der Waals surface area contributed by atoms with Gasteiger partial charge in [0.15, 0.2) is 0 Å². The fourth-order valence-electron chi connectivity index (χ4n) is 1.04. The Labute approximate surface area is 86.9 Å². The first-order valence-electron chi connectivity index (χ1n) is 4.05. The molecule has 12 heavy (non-hydrogen) atoms. The van der Waals surface area contributed by atoms with Crippen molar-refractivity contribution in [1.29, 1.82) is 0 Å². The molecule has 1 unspecified atom stereocenters. The van der Waals surface area contributed by atoms with Crippen molar-refractivity contribution in [1.82, 2.24) is 0 Å². The van der Waals surface area contributed by atoms with E-state index in [9.17, 15) is 5.11 Å². The van der Waals surface area contributed by atoms with Gasteiger partial charge in [-0.15, -0.1) is 0 Å². The summed E-state index contributed by atoms with van der Waals surface area (Å²) >= 11 is 2.27. The van der Waals surface area contributed by atoms with Crippen molar-refractivity contribution in [3.8, 4) is 0 Å². The average molecular weight is 276 g/mol. The molecule has 0 aliphatic carbocycles. The highest BCUT2D eigenvalue weighted by Gasteiger charge is 2.10. The third-order valence-corrected chi connectivity index (χ3v) is 2.84. The Morgan fingerprint density at radius 2 is 1.67 bits per heavy atom. The van der Waals surface area contributed by atoms with E-state index in [4.69, 9.17) is 0 Å². The fourth-order valence-corrected chi connectivity index (χ4v) is 1.40. The van der Waals surface area contributed by atoms with Gasteiger partial charge < -0.3 is 5.11 Å². The van der Waals surface area contributed by atoms with E-state index < -0.39 is 0 Å². The summed E-state index contributed by atoms with van der Waals surface area (Å²) in [6.07, 6.45) is -0.273. The molecule has 0 aliphatic rings. The molecule has 2 atom stereocenters. The van der Waals surface area contributed by atoms with Crippen molar-refractivity contribution in [2.75, 3.05) is 0 Å². The number of hydrogen-bond acceptors (Lipinski definition) is 1. The second-order valence-electron chi connectivity index (χ2n) is 3.08. The molecule has 0 spiro atoms. The zero-order valence-corrected chi connectivity index (χ0v) is 9.45. The first kappa shape index (κ1) is 9.99. The highest BCUT2D eigenvalue weighted by molar-refractivity contribution is 14.1. The molecule has 0 aromatic heterocycles. The van der Waals surface area contributed by atoms with E-state index in [1.807, 2.05) is 13.8 Å².